The summed E-state index contributed by atoms with van der Waals surface area (Å²) in [5, 5.41) is 3.75. The summed E-state index contributed by atoms with van der Waals surface area (Å²) in [7, 11) is 0. The highest BCUT2D eigenvalue weighted by atomic mass is 35.5. The topological polar surface area (TPSA) is 75.7 Å². The molecule has 1 saturated heterocycles. The van der Waals surface area contributed by atoms with E-state index >= 15 is 0 Å². The number of ketones is 1. The highest BCUT2D eigenvalue weighted by Crippen LogP contribution is 2.24. The van der Waals surface area contributed by atoms with Crippen LogP contribution in [0.4, 0.5) is 0 Å². The fourth-order valence-corrected chi connectivity index (χ4v) is 4.18. The molecule has 1 unspecified atom stereocenters. The van der Waals surface area contributed by atoms with Crippen LogP contribution in [0.1, 0.15) is 17.5 Å². The van der Waals surface area contributed by atoms with Crippen molar-refractivity contribution in [2.24, 2.45) is 5.92 Å². The molecule has 3 aromatic rings. The lowest BCUT2D eigenvalue weighted by Crippen LogP contribution is -2.36. The van der Waals surface area contributed by atoms with Crippen molar-refractivity contribution in [2.75, 3.05) is 13.1 Å². The maximum Gasteiger partial charge on any atom is 0.291 e. The molecule has 8 heteroatoms. The lowest BCUT2D eigenvalue weighted by Gasteiger charge is -2.16. The number of halogens is 2. The molecule has 1 N–H and O–H groups in total. The van der Waals surface area contributed by atoms with Crippen molar-refractivity contribution in [3.63, 3.8) is 0 Å². The Bertz CT molecular complexity index is 1220. The Hall–Kier alpha value is -3.35. The van der Waals surface area contributed by atoms with Gasteiger partial charge in [0.15, 0.2) is 0 Å². The number of hydrogen-bond donors (Lipinski definition) is 1. The quantitative estimate of drug-likeness (QED) is 0.248. The summed E-state index contributed by atoms with van der Waals surface area (Å²) < 4.78 is 5.78. The van der Waals surface area contributed by atoms with E-state index in [2.05, 4.69) is 5.32 Å². The Balaban J connectivity index is 1.26. The number of amides is 2. The third-order valence-corrected chi connectivity index (χ3v) is 6.47. The Morgan fingerprint density at radius 2 is 1.60 bits per heavy atom. The van der Waals surface area contributed by atoms with Gasteiger partial charge in [-0.2, -0.15) is 0 Å². The maximum absolute atomic E-state index is 12.6. The van der Waals surface area contributed by atoms with Crippen molar-refractivity contribution in [1.29, 1.82) is 0 Å². The standard InChI is InChI=1S/C27H24Cl2N2O4/c28-23-13-10-18(15-24(23)29)5-4-14-30-26(33)22-17-31(27(34)25(22)32)16-19-8-11-21(12-9-19)35-20-6-2-1-3-7-20/h1-3,6-13,15,22H,4-5,14,16-17H2,(H,30,33). The first-order chi connectivity index (χ1) is 16.9. The molecule has 1 aliphatic rings. The van der Waals surface area contributed by atoms with Gasteiger partial charge < -0.3 is 15.0 Å². The minimum atomic E-state index is -0.992. The van der Waals surface area contributed by atoms with Crippen LogP contribution in [-0.2, 0) is 27.3 Å². The van der Waals surface area contributed by atoms with Crippen molar-refractivity contribution in [1.82, 2.24) is 10.2 Å². The molecule has 2 amide bonds. The monoisotopic (exact) mass is 510 g/mol. The fourth-order valence-electron chi connectivity index (χ4n) is 3.86. The minimum Gasteiger partial charge on any atom is -0.457 e. The lowest BCUT2D eigenvalue weighted by molar-refractivity contribution is -0.142. The van der Waals surface area contributed by atoms with Crippen LogP contribution < -0.4 is 10.1 Å². The number of likely N-dealkylation sites (tertiary alicyclic amines) is 1. The summed E-state index contributed by atoms with van der Waals surface area (Å²) in [6.07, 6.45) is 1.37. The Labute approximate surface area is 213 Å². The van der Waals surface area contributed by atoms with Crippen molar-refractivity contribution >= 4 is 40.8 Å². The Morgan fingerprint density at radius 3 is 2.31 bits per heavy atom. The van der Waals surface area contributed by atoms with Crippen LogP contribution >= 0.6 is 23.2 Å². The molecule has 0 saturated carbocycles. The highest BCUT2D eigenvalue weighted by Gasteiger charge is 2.42. The van der Waals surface area contributed by atoms with Gasteiger partial charge in [0.25, 0.3) is 5.91 Å². The summed E-state index contributed by atoms with van der Waals surface area (Å²) in [6.45, 7) is 0.704. The van der Waals surface area contributed by atoms with Gasteiger partial charge in [0, 0.05) is 19.6 Å². The number of nitrogens with zero attached hydrogens (tertiary/aromatic N) is 1. The number of aryl methyl sites for hydroxylation is 1. The Kier molecular flexibility index (Phi) is 8.06. The van der Waals surface area contributed by atoms with Crippen molar-refractivity contribution in [3.05, 3.63) is 94.0 Å². The molecule has 4 rings (SSSR count). The maximum atomic E-state index is 12.6. The summed E-state index contributed by atoms with van der Waals surface area (Å²) >= 11 is 11.9. The number of carbonyl (C=O) groups is 3. The van der Waals surface area contributed by atoms with Crippen molar-refractivity contribution < 1.29 is 19.1 Å². The van der Waals surface area contributed by atoms with Gasteiger partial charge in [-0.3, -0.25) is 14.4 Å². The molecule has 1 fully saturated rings. The zero-order valence-corrected chi connectivity index (χ0v) is 20.4. The molecule has 0 bridgehead atoms. The normalized spacial score (nSPS) is 15.4. The van der Waals surface area contributed by atoms with E-state index in [0.717, 1.165) is 16.9 Å². The zero-order valence-electron chi connectivity index (χ0n) is 18.9. The van der Waals surface area contributed by atoms with Gasteiger partial charge in [-0.1, -0.05) is 59.6 Å². The SMILES string of the molecule is O=C(NCCCc1ccc(Cl)c(Cl)c1)C1CN(Cc2ccc(Oc3ccccc3)cc2)C(=O)C1=O. The molecule has 180 valence electrons. The molecule has 3 aromatic carbocycles. The molecule has 1 atom stereocenters. The molecule has 1 aliphatic heterocycles. The van der Waals surface area contributed by atoms with Gasteiger partial charge in [-0.15, -0.1) is 0 Å². The number of benzene rings is 3. The van der Waals surface area contributed by atoms with E-state index in [4.69, 9.17) is 27.9 Å². The summed E-state index contributed by atoms with van der Waals surface area (Å²) in [5.41, 5.74) is 1.85. The minimum absolute atomic E-state index is 0.0680. The first-order valence-electron chi connectivity index (χ1n) is 11.3. The molecule has 0 spiro atoms. The fraction of sp³-hybridized carbons (Fsp3) is 0.222. The van der Waals surface area contributed by atoms with E-state index in [-0.39, 0.29) is 13.1 Å². The van der Waals surface area contributed by atoms with Gasteiger partial charge >= 0.3 is 0 Å². The largest absolute Gasteiger partial charge is 0.457 e. The van der Waals surface area contributed by atoms with Crippen molar-refractivity contribution in [3.8, 4) is 11.5 Å². The predicted molar refractivity (Wildman–Crippen MR) is 135 cm³/mol. The average Bonchev–Trinajstić information content (AvgIpc) is 3.14. The third-order valence-electron chi connectivity index (χ3n) is 5.74. The predicted octanol–water partition coefficient (Wildman–Crippen LogP) is 5.06. The van der Waals surface area contributed by atoms with E-state index in [1.165, 1.54) is 4.90 Å². The molecule has 0 aromatic heterocycles. The second-order valence-electron chi connectivity index (χ2n) is 8.30. The van der Waals surface area contributed by atoms with Crippen LogP contribution in [0.25, 0.3) is 0 Å². The van der Waals surface area contributed by atoms with Crippen LogP contribution in [0.3, 0.4) is 0 Å². The molecular formula is C27H24Cl2N2O4. The second kappa shape index (κ2) is 11.4. The average molecular weight is 511 g/mol. The first kappa shape index (κ1) is 24.8. The molecule has 0 aliphatic carbocycles. The van der Waals surface area contributed by atoms with Gasteiger partial charge in [0.05, 0.1) is 10.0 Å². The summed E-state index contributed by atoms with van der Waals surface area (Å²) in [4.78, 5) is 38.9. The third kappa shape index (κ3) is 6.41. The van der Waals surface area contributed by atoms with E-state index in [1.54, 1.807) is 12.1 Å². The number of rotatable bonds is 9. The second-order valence-corrected chi connectivity index (χ2v) is 9.12. The van der Waals surface area contributed by atoms with E-state index in [1.807, 2.05) is 60.7 Å². The van der Waals surface area contributed by atoms with E-state index < -0.39 is 23.5 Å². The number of hydrogen-bond acceptors (Lipinski definition) is 4. The van der Waals surface area contributed by atoms with Gasteiger partial charge in [0.2, 0.25) is 11.7 Å². The highest BCUT2D eigenvalue weighted by molar-refractivity contribution is 6.42. The molecular weight excluding hydrogens is 487 g/mol. The van der Waals surface area contributed by atoms with E-state index in [0.29, 0.717) is 35.2 Å². The lowest BCUT2D eigenvalue weighted by atomic mass is 10.1. The van der Waals surface area contributed by atoms with Gasteiger partial charge in [-0.05, 0) is 60.4 Å². The smallest absolute Gasteiger partial charge is 0.291 e. The summed E-state index contributed by atoms with van der Waals surface area (Å²) in [6, 6.07) is 22.1. The van der Waals surface area contributed by atoms with E-state index in [9.17, 15) is 14.4 Å². The molecule has 6 nitrogen and oxygen atoms in total. The zero-order chi connectivity index (χ0) is 24.8. The molecule has 35 heavy (non-hydrogen) atoms. The number of Topliss-reactive ketones (excluding diaryl/α,β-unsaturated/α-hetero) is 1. The van der Waals surface area contributed by atoms with Crippen LogP contribution in [0, 0.1) is 5.92 Å². The van der Waals surface area contributed by atoms with Crippen LogP contribution in [-0.4, -0.2) is 35.6 Å². The van der Waals surface area contributed by atoms with Crippen molar-refractivity contribution in [2.45, 2.75) is 19.4 Å². The number of nitrogens with one attached hydrogen (secondary N) is 1. The number of ether oxygens (including phenoxy) is 1. The van der Waals surface area contributed by atoms with Crippen LogP contribution in [0.2, 0.25) is 10.0 Å². The first-order valence-corrected chi connectivity index (χ1v) is 12.0. The van der Waals surface area contributed by atoms with Crippen LogP contribution in [0.15, 0.2) is 72.8 Å². The van der Waals surface area contributed by atoms with Gasteiger partial charge in [-0.25, -0.2) is 0 Å². The Morgan fingerprint density at radius 1 is 0.914 bits per heavy atom. The molecule has 0 radical (unpaired) electrons. The number of carbonyl (C=O) groups excluding carboxylic acids is 3. The van der Waals surface area contributed by atoms with Gasteiger partial charge in [0.1, 0.15) is 17.4 Å². The summed E-state index contributed by atoms with van der Waals surface area (Å²) in [5.74, 6) is -1.32. The van der Waals surface area contributed by atoms with Crippen LogP contribution in [0.5, 0.6) is 11.5 Å². The number of para-hydroxylation sites is 1. The molecule has 1 heterocycles.